The number of nitrogens with one attached hydrogen (secondary N) is 2. The zero-order valence-electron chi connectivity index (χ0n) is 12.8. The van der Waals surface area contributed by atoms with Crippen molar-refractivity contribution in [2.24, 2.45) is 11.8 Å². The molecule has 0 aromatic heterocycles. The lowest BCUT2D eigenvalue weighted by Crippen LogP contribution is -2.51. The van der Waals surface area contributed by atoms with Crippen LogP contribution in [0.4, 0.5) is 8.78 Å². The molecular weight excluding hydrogens is 294 g/mol. The Bertz CT molecular complexity index is 417. The second-order valence-electron chi connectivity index (χ2n) is 6.56. The molecule has 0 radical (unpaired) electrons. The van der Waals surface area contributed by atoms with Gasteiger partial charge < -0.3 is 15.7 Å². The van der Waals surface area contributed by atoms with Gasteiger partial charge >= 0.3 is 0 Å². The molecule has 3 N–H and O–H groups in total. The minimum Gasteiger partial charge on any atom is -0.381 e. The fourth-order valence-corrected chi connectivity index (χ4v) is 2.62. The summed E-state index contributed by atoms with van der Waals surface area (Å²) in [6.07, 6.45) is 0.552. The van der Waals surface area contributed by atoms with Crippen LogP contribution in [0.1, 0.15) is 45.4 Å². The van der Waals surface area contributed by atoms with Gasteiger partial charge in [0.05, 0.1) is 6.04 Å². The van der Waals surface area contributed by atoms with Gasteiger partial charge in [-0.05, 0) is 38.5 Å². The average Bonchev–Trinajstić information content (AvgIpc) is 3.27. The fraction of sp³-hybridized carbons (Fsp3) is 0.867. The molecule has 2 aliphatic rings. The Kier molecular flexibility index (Phi) is 5.36. The van der Waals surface area contributed by atoms with Crippen molar-refractivity contribution in [3.8, 4) is 0 Å². The van der Waals surface area contributed by atoms with Gasteiger partial charge in [-0.25, -0.2) is 8.78 Å². The van der Waals surface area contributed by atoms with Gasteiger partial charge in [-0.2, -0.15) is 0 Å². The molecule has 0 spiro atoms. The van der Waals surface area contributed by atoms with E-state index in [0.717, 1.165) is 12.8 Å². The van der Waals surface area contributed by atoms with Gasteiger partial charge in [-0.15, -0.1) is 0 Å². The Morgan fingerprint density at radius 3 is 2.36 bits per heavy atom. The van der Waals surface area contributed by atoms with Gasteiger partial charge in [-0.3, -0.25) is 9.59 Å². The molecule has 126 valence electrons. The Morgan fingerprint density at radius 2 is 1.82 bits per heavy atom. The van der Waals surface area contributed by atoms with Crippen molar-refractivity contribution in [1.82, 2.24) is 10.6 Å². The van der Waals surface area contributed by atoms with Gasteiger partial charge in [0.25, 0.3) is 5.91 Å². The topological polar surface area (TPSA) is 78.4 Å². The standard InChI is InChI=1S/C15H24F2N2O3/c1-9(12(20)14(22)18-8-10-2-3-10)19-13(21)11-4-6-15(16,17)7-5-11/h9-12,20H,2-8H2,1H3,(H,18,22)(H,19,21). The third-order valence-corrected chi connectivity index (χ3v) is 4.46. The molecular formula is C15H24F2N2O3. The molecule has 2 aliphatic carbocycles. The highest BCUT2D eigenvalue weighted by Gasteiger charge is 2.38. The summed E-state index contributed by atoms with van der Waals surface area (Å²) in [7, 11) is 0. The maximum atomic E-state index is 13.1. The molecule has 2 saturated carbocycles. The predicted octanol–water partition coefficient (Wildman–Crippen LogP) is 1.20. The SMILES string of the molecule is CC(NC(=O)C1CCC(F)(F)CC1)C(O)C(=O)NCC1CC1. The number of aliphatic hydroxyl groups excluding tert-OH is 1. The van der Waals surface area contributed by atoms with Gasteiger partial charge in [0.15, 0.2) is 6.10 Å². The molecule has 0 aliphatic heterocycles. The molecule has 0 aromatic carbocycles. The molecule has 2 atom stereocenters. The van der Waals surface area contributed by atoms with Gasteiger partial charge in [0.1, 0.15) is 0 Å². The lowest BCUT2D eigenvalue weighted by Gasteiger charge is -2.29. The van der Waals surface area contributed by atoms with Gasteiger partial charge in [0, 0.05) is 25.3 Å². The van der Waals surface area contributed by atoms with Crippen LogP contribution >= 0.6 is 0 Å². The van der Waals surface area contributed by atoms with E-state index in [-0.39, 0.29) is 31.6 Å². The lowest BCUT2D eigenvalue weighted by molar-refractivity contribution is -0.134. The minimum absolute atomic E-state index is 0.134. The van der Waals surface area contributed by atoms with E-state index in [2.05, 4.69) is 10.6 Å². The number of rotatable bonds is 6. The summed E-state index contributed by atoms with van der Waals surface area (Å²) in [5.41, 5.74) is 0. The van der Waals surface area contributed by atoms with Crippen molar-refractivity contribution in [2.45, 2.75) is 63.5 Å². The van der Waals surface area contributed by atoms with Crippen molar-refractivity contribution in [1.29, 1.82) is 0 Å². The van der Waals surface area contributed by atoms with Gasteiger partial charge in [-0.1, -0.05) is 0 Å². The number of hydrogen-bond acceptors (Lipinski definition) is 3. The van der Waals surface area contributed by atoms with Crippen LogP contribution in [0, 0.1) is 11.8 Å². The summed E-state index contributed by atoms with van der Waals surface area (Å²) in [5, 5.41) is 15.1. The fourth-order valence-electron chi connectivity index (χ4n) is 2.62. The number of carbonyl (C=O) groups excluding carboxylic acids is 2. The number of hydrogen-bond donors (Lipinski definition) is 3. The Hall–Kier alpha value is -1.24. The minimum atomic E-state index is -2.68. The number of amides is 2. The molecule has 2 amide bonds. The molecule has 0 saturated heterocycles. The molecule has 22 heavy (non-hydrogen) atoms. The van der Waals surface area contributed by atoms with Crippen molar-refractivity contribution >= 4 is 11.8 Å². The first kappa shape index (κ1) is 17.1. The third kappa shape index (κ3) is 4.90. The molecule has 5 nitrogen and oxygen atoms in total. The van der Waals surface area contributed by atoms with Crippen molar-refractivity contribution in [3.63, 3.8) is 0 Å². The summed E-state index contributed by atoms with van der Waals surface area (Å²) in [6, 6.07) is -0.742. The predicted molar refractivity (Wildman–Crippen MR) is 76.3 cm³/mol. The van der Waals surface area contributed by atoms with Crippen LogP contribution in [0.3, 0.4) is 0 Å². The summed E-state index contributed by atoms with van der Waals surface area (Å²) in [6.45, 7) is 2.09. The number of aliphatic hydroxyl groups is 1. The van der Waals surface area contributed by atoms with E-state index in [1.54, 1.807) is 0 Å². The van der Waals surface area contributed by atoms with E-state index >= 15 is 0 Å². The van der Waals surface area contributed by atoms with E-state index < -0.39 is 29.9 Å². The van der Waals surface area contributed by atoms with Crippen LogP contribution in [0.2, 0.25) is 0 Å². The first-order chi connectivity index (χ1) is 10.3. The summed E-state index contributed by atoms with van der Waals surface area (Å²) in [4.78, 5) is 23.8. The lowest BCUT2D eigenvalue weighted by atomic mass is 9.86. The third-order valence-electron chi connectivity index (χ3n) is 4.46. The Balaban J connectivity index is 1.73. The van der Waals surface area contributed by atoms with Crippen molar-refractivity contribution < 1.29 is 23.5 Å². The number of halogens is 2. The monoisotopic (exact) mass is 318 g/mol. The second kappa shape index (κ2) is 6.89. The smallest absolute Gasteiger partial charge is 0.250 e. The Morgan fingerprint density at radius 1 is 1.23 bits per heavy atom. The molecule has 2 rings (SSSR count). The zero-order chi connectivity index (χ0) is 16.3. The van der Waals surface area contributed by atoms with Crippen molar-refractivity contribution in [3.05, 3.63) is 0 Å². The van der Waals surface area contributed by atoms with Crippen molar-refractivity contribution in [2.75, 3.05) is 6.54 Å². The van der Waals surface area contributed by atoms with Crippen LogP contribution in [-0.2, 0) is 9.59 Å². The zero-order valence-corrected chi connectivity index (χ0v) is 12.8. The first-order valence-corrected chi connectivity index (χ1v) is 7.92. The molecule has 0 heterocycles. The van der Waals surface area contributed by atoms with E-state index in [4.69, 9.17) is 0 Å². The van der Waals surface area contributed by atoms with Crippen LogP contribution in [0.15, 0.2) is 0 Å². The van der Waals surface area contributed by atoms with E-state index in [1.807, 2.05) is 0 Å². The summed E-state index contributed by atoms with van der Waals surface area (Å²) in [5.74, 6) is -3.51. The summed E-state index contributed by atoms with van der Waals surface area (Å²) < 4.78 is 26.1. The number of alkyl halides is 2. The largest absolute Gasteiger partial charge is 0.381 e. The summed E-state index contributed by atoms with van der Waals surface area (Å²) >= 11 is 0. The Labute approximate surface area is 128 Å². The molecule has 0 bridgehead atoms. The second-order valence-corrected chi connectivity index (χ2v) is 6.56. The van der Waals surface area contributed by atoms with Crippen LogP contribution < -0.4 is 10.6 Å². The molecule has 7 heteroatoms. The molecule has 2 unspecified atom stereocenters. The highest BCUT2D eigenvalue weighted by Crippen LogP contribution is 2.36. The highest BCUT2D eigenvalue weighted by atomic mass is 19.3. The van der Waals surface area contributed by atoms with E-state index in [9.17, 15) is 23.5 Å². The molecule has 2 fully saturated rings. The van der Waals surface area contributed by atoms with Crippen LogP contribution in [0.5, 0.6) is 0 Å². The quantitative estimate of drug-likeness (QED) is 0.689. The van der Waals surface area contributed by atoms with Crippen LogP contribution in [-0.4, -0.2) is 41.5 Å². The van der Waals surface area contributed by atoms with Crippen LogP contribution in [0.25, 0.3) is 0 Å². The molecule has 0 aromatic rings. The van der Waals surface area contributed by atoms with E-state index in [1.165, 1.54) is 6.92 Å². The van der Waals surface area contributed by atoms with Gasteiger partial charge in [0.2, 0.25) is 11.8 Å². The average molecular weight is 318 g/mol. The normalized spacial score (nSPS) is 24.4. The maximum absolute atomic E-state index is 13.1. The number of carbonyl (C=O) groups is 2. The first-order valence-electron chi connectivity index (χ1n) is 7.92. The van der Waals surface area contributed by atoms with E-state index in [0.29, 0.717) is 12.5 Å². The maximum Gasteiger partial charge on any atom is 0.250 e. The highest BCUT2D eigenvalue weighted by molar-refractivity contribution is 5.83.